The van der Waals surface area contributed by atoms with Crippen LogP contribution >= 0.6 is 0 Å². The minimum Gasteiger partial charge on any atom is -0.353 e. The molecule has 7 heteroatoms. The molecule has 0 aromatic rings. The van der Waals surface area contributed by atoms with E-state index in [1.54, 1.807) is 0 Å². The summed E-state index contributed by atoms with van der Waals surface area (Å²) in [5.74, 6) is -1.24. The number of aldehydes is 1. The Morgan fingerprint density at radius 2 is 2.15 bits per heavy atom. The van der Waals surface area contributed by atoms with E-state index in [4.69, 9.17) is 5.73 Å². The summed E-state index contributed by atoms with van der Waals surface area (Å²) in [6, 6.07) is -0.788. The fourth-order valence-corrected chi connectivity index (χ4v) is 1.15. The van der Waals surface area contributed by atoms with Crippen molar-refractivity contribution < 1.29 is 18.0 Å². The van der Waals surface area contributed by atoms with Crippen LogP contribution in [0, 0.1) is 0 Å². The third kappa shape index (κ3) is 7.41. The number of carbonyl (C=O) groups is 2. The van der Waals surface area contributed by atoms with Crippen LogP contribution in [-0.4, -0.2) is 45.2 Å². The zero-order valence-corrected chi connectivity index (χ0v) is 8.00. The molecule has 0 aliphatic carbocycles. The van der Waals surface area contributed by atoms with Gasteiger partial charge in [-0.1, -0.05) is 0 Å². The first-order valence-corrected chi connectivity index (χ1v) is 5.56. The highest BCUT2D eigenvalue weighted by Gasteiger charge is 2.11. The molecule has 0 heterocycles. The minimum absolute atomic E-state index is 0.0438. The van der Waals surface area contributed by atoms with Crippen molar-refractivity contribution in [2.24, 2.45) is 5.73 Å². The quantitative estimate of drug-likeness (QED) is 0.493. The lowest BCUT2D eigenvalue weighted by Crippen LogP contribution is -2.40. The van der Waals surface area contributed by atoms with Crippen LogP contribution in [0.4, 0.5) is 0 Å². The van der Waals surface area contributed by atoms with Crippen LogP contribution in [0.2, 0.25) is 0 Å². The van der Waals surface area contributed by atoms with Crippen molar-refractivity contribution in [3.05, 3.63) is 0 Å². The Labute approximate surface area is 76.4 Å². The van der Waals surface area contributed by atoms with Gasteiger partial charge in [-0.25, -0.2) is 8.42 Å². The van der Waals surface area contributed by atoms with Gasteiger partial charge in [-0.3, -0.25) is 4.79 Å². The lowest BCUT2D eigenvalue weighted by atomic mass is 10.3. The fourth-order valence-electron chi connectivity index (χ4n) is 0.569. The highest BCUT2D eigenvalue weighted by Crippen LogP contribution is 1.81. The summed E-state index contributed by atoms with van der Waals surface area (Å²) in [5.41, 5.74) is 5.15. The SMILES string of the molecule is CS(=O)(=O)CC(=O)NCC(N)C=O. The molecule has 1 unspecified atom stereocenters. The van der Waals surface area contributed by atoms with Crippen molar-refractivity contribution in [2.45, 2.75) is 6.04 Å². The van der Waals surface area contributed by atoms with E-state index < -0.39 is 27.5 Å². The Morgan fingerprint density at radius 3 is 2.54 bits per heavy atom. The number of sulfone groups is 1. The molecule has 1 atom stereocenters. The number of nitrogens with one attached hydrogen (secondary N) is 1. The van der Waals surface area contributed by atoms with Gasteiger partial charge in [0.25, 0.3) is 0 Å². The van der Waals surface area contributed by atoms with Gasteiger partial charge < -0.3 is 15.8 Å². The van der Waals surface area contributed by atoms with Crippen LogP contribution in [0.25, 0.3) is 0 Å². The van der Waals surface area contributed by atoms with Gasteiger partial charge >= 0.3 is 0 Å². The zero-order valence-electron chi connectivity index (χ0n) is 7.19. The van der Waals surface area contributed by atoms with Crippen molar-refractivity contribution in [3.63, 3.8) is 0 Å². The van der Waals surface area contributed by atoms with E-state index in [1.165, 1.54) is 0 Å². The van der Waals surface area contributed by atoms with Crippen molar-refractivity contribution >= 4 is 22.0 Å². The average Bonchev–Trinajstić information content (AvgIpc) is 1.97. The molecule has 3 N–H and O–H groups in total. The topological polar surface area (TPSA) is 106 Å². The van der Waals surface area contributed by atoms with Crippen LogP contribution in [0.3, 0.4) is 0 Å². The summed E-state index contributed by atoms with van der Waals surface area (Å²) in [6.07, 6.45) is 1.42. The molecule has 0 saturated heterocycles. The van der Waals surface area contributed by atoms with Crippen molar-refractivity contribution in [1.29, 1.82) is 0 Å². The zero-order chi connectivity index (χ0) is 10.5. The maximum Gasteiger partial charge on any atom is 0.235 e. The van der Waals surface area contributed by atoms with Crippen molar-refractivity contribution in [1.82, 2.24) is 5.32 Å². The average molecular weight is 208 g/mol. The predicted molar refractivity (Wildman–Crippen MR) is 46.8 cm³/mol. The maximum absolute atomic E-state index is 10.8. The normalized spacial score (nSPS) is 13.4. The summed E-state index contributed by atoms with van der Waals surface area (Å²) in [7, 11) is -3.32. The smallest absolute Gasteiger partial charge is 0.235 e. The number of hydrogen-bond donors (Lipinski definition) is 2. The number of amides is 1. The number of nitrogens with two attached hydrogens (primary N) is 1. The molecule has 0 rings (SSSR count). The standard InChI is InChI=1S/C6H12N2O4S/c1-13(11,12)4-6(10)8-2-5(7)3-9/h3,5H,2,4,7H2,1H3,(H,8,10). The van der Waals surface area contributed by atoms with Gasteiger partial charge in [-0.15, -0.1) is 0 Å². The van der Waals surface area contributed by atoms with Crippen LogP contribution in [-0.2, 0) is 19.4 Å². The first-order valence-electron chi connectivity index (χ1n) is 3.50. The van der Waals surface area contributed by atoms with Crippen LogP contribution in [0.15, 0.2) is 0 Å². The molecular formula is C6H12N2O4S. The molecule has 0 radical (unpaired) electrons. The molecule has 6 nitrogen and oxygen atoms in total. The Morgan fingerprint density at radius 1 is 1.62 bits per heavy atom. The minimum atomic E-state index is -3.32. The molecule has 13 heavy (non-hydrogen) atoms. The summed E-state index contributed by atoms with van der Waals surface area (Å²) < 4.78 is 21.2. The number of hydrogen-bond acceptors (Lipinski definition) is 5. The summed E-state index contributed by atoms with van der Waals surface area (Å²) >= 11 is 0. The van der Waals surface area contributed by atoms with Gasteiger partial charge in [-0.05, 0) is 0 Å². The first-order chi connectivity index (χ1) is 5.85. The van der Waals surface area contributed by atoms with Gasteiger partial charge in [0.05, 0.1) is 6.04 Å². The third-order valence-electron chi connectivity index (χ3n) is 1.10. The summed E-state index contributed by atoms with van der Waals surface area (Å²) in [5, 5.41) is 2.22. The molecule has 0 aliphatic rings. The van der Waals surface area contributed by atoms with Crippen LogP contribution < -0.4 is 11.1 Å². The van der Waals surface area contributed by atoms with Crippen molar-refractivity contribution in [3.8, 4) is 0 Å². The molecule has 76 valence electrons. The van der Waals surface area contributed by atoms with E-state index in [2.05, 4.69) is 5.32 Å². The molecular weight excluding hydrogens is 196 g/mol. The largest absolute Gasteiger partial charge is 0.353 e. The molecule has 0 fully saturated rings. The summed E-state index contributed by atoms with van der Waals surface area (Å²) in [4.78, 5) is 20.8. The van der Waals surface area contributed by atoms with Crippen LogP contribution in [0.1, 0.15) is 0 Å². The first kappa shape index (κ1) is 12.0. The predicted octanol–water partition coefficient (Wildman–Crippen LogP) is -2.33. The molecule has 0 saturated carbocycles. The number of carbonyl (C=O) groups excluding carboxylic acids is 2. The molecule has 0 spiro atoms. The Kier molecular flexibility index (Phi) is 4.57. The van der Waals surface area contributed by atoms with Crippen molar-refractivity contribution in [2.75, 3.05) is 18.6 Å². The second kappa shape index (κ2) is 4.93. The molecule has 1 amide bonds. The van der Waals surface area contributed by atoms with E-state index in [9.17, 15) is 18.0 Å². The molecule has 0 bridgehead atoms. The monoisotopic (exact) mass is 208 g/mol. The summed E-state index contributed by atoms with van der Waals surface area (Å²) in [6.45, 7) is -0.0438. The van der Waals surface area contributed by atoms with E-state index >= 15 is 0 Å². The Bertz CT molecular complexity index is 285. The lowest BCUT2D eigenvalue weighted by Gasteiger charge is -2.05. The van der Waals surface area contributed by atoms with Gasteiger partial charge in [0, 0.05) is 12.8 Å². The van der Waals surface area contributed by atoms with Gasteiger partial charge in [0.2, 0.25) is 5.91 Å². The second-order valence-corrected chi connectivity index (χ2v) is 4.81. The van der Waals surface area contributed by atoms with E-state index in [1.807, 2.05) is 0 Å². The van der Waals surface area contributed by atoms with Gasteiger partial charge in [-0.2, -0.15) is 0 Å². The molecule has 0 aromatic carbocycles. The highest BCUT2D eigenvalue weighted by atomic mass is 32.2. The third-order valence-corrected chi connectivity index (χ3v) is 1.89. The van der Waals surface area contributed by atoms with E-state index in [0.29, 0.717) is 6.29 Å². The Balaban J connectivity index is 3.83. The van der Waals surface area contributed by atoms with E-state index in [0.717, 1.165) is 6.26 Å². The van der Waals surface area contributed by atoms with E-state index in [-0.39, 0.29) is 6.54 Å². The maximum atomic E-state index is 10.8. The highest BCUT2D eigenvalue weighted by molar-refractivity contribution is 7.91. The van der Waals surface area contributed by atoms with Crippen LogP contribution in [0.5, 0.6) is 0 Å². The molecule has 0 aliphatic heterocycles. The Hall–Kier alpha value is -0.950. The lowest BCUT2D eigenvalue weighted by molar-refractivity contribution is -0.118. The van der Waals surface area contributed by atoms with Gasteiger partial charge in [0.15, 0.2) is 9.84 Å². The molecule has 0 aromatic heterocycles. The van der Waals surface area contributed by atoms with Gasteiger partial charge in [0.1, 0.15) is 12.0 Å². The number of rotatable bonds is 5. The second-order valence-electron chi connectivity index (χ2n) is 2.67. The fraction of sp³-hybridized carbons (Fsp3) is 0.667.